The van der Waals surface area contributed by atoms with Gasteiger partial charge in [0.05, 0.1) is 18.2 Å². The van der Waals surface area contributed by atoms with Gasteiger partial charge < -0.3 is 14.6 Å². The largest absolute Gasteiger partial charge is 0.487 e. The molecule has 2 unspecified atom stereocenters. The minimum absolute atomic E-state index is 0.0207. The molecular weight excluding hydrogens is 356 g/mol. The van der Waals surface area contributed by atoms with Crippen LogP contribution in [0.2, 0.25) is 0 Å². The van der Waals surface area contributed by atoms with Gasteiger partial charge in [-0.3, -0.25) is 4.79 Å². The van der Waals surface area contributed by atoms with E-state index in [0.717, 1.165) is 31.4 Å². The quantitative estimate of drug-likeness (QED) is 0.790. The standard InChI is InChI=1S/C20H19F2NO4/c21-15-8-11(17-5-2-6-18(23-17)27-13-3-1-4-13)9-16(22)19(15)26-10-12-7-14(12)20(24)25/h2,5-6,8-9,12-14H,1,3-4,7,10H2,(H,24,25). The van der Waals surface area contributed by atoms with Crippen LogP contribution in [0.1, 0.15) is 25.7 Å². The fourth-order valence-corrected chi connectivity index (χ4v) is 3.07. The van der Waals surface area contributed by atoms with E-state index in [1.54, 1.807) is 18.2 Å². The molecule has 1 heterocycles. The van der Waals surface area contributed by atoms with Crippen LogP contribution in [0.25, 0.3) is 11.3 Å². The summed E-state index contributed by atoms with van der Waals surface area (Å²) in [6.07, 6.45) is 3.75. The summed E-state index contributed by atoms with van der Waals surface area (Å²) in [6, 6.07) is 7.44. The van der Waals surface area contributed by atoms with Gasteiger partial charge in [-0.25, -0.2) is 13.8 Å². The molecule has 2 aliphatic rings. The van der Waals surface area contributed by atoms with Crippen LogP contribution in [0.4, 0.5) is 8.78 Å². The summed E-state index contributed by atoms with van der Waals surface area (Å²) >= 11 is 0. The van der Waals surface area contributed by atoms with Crippen molar-refractivity contribution in [2.24, 2.45) is 11.8 Å². The van der Waals surface area contributed by atoms with Crippen molar-refractivity contribution in [1.82, 2.24) is 4.98 Å². The van der Waals surface area contributed by atoms with Crippen LogP contribution in [0.15, 0.2) is 30.3 Å². The third kappa shape index (κ3) is 3.86. The van der Waals surface area contributed by atoms with Gasteiger partial charge in [0.15, 0.2) is 17.4 Å². The zero-order valence-electron chi connectivity index (χ0n) is 14.5. The zero-order valence-corrected chi connectivity index (χ0v) is 14.5. The van der Waals surface area contributed by atoms with Crippen molar-refractivity contribution < 1.29 is 28.2 Å². The molecule has 1 N–H and O–H groups in total. The highest BCUT2D eigenvalue weighted by Crippen LogP contribution is 2.39. The van der Waals surface area contributed by atoms with E-state index in [4.69, 9.17) is 14.6 Å². The number of hydrogen-bond donors (Lipinski definition) is 1. The lowest BCUT2D eigenvalue weighted by Gasteiger charge is -2.25. The third-order valence-corrected chi connectivity index (χ3v) is 5.04. The number of carboxylic acid groups (broad SMARTS) is 1. The van der Waals surface area contributed by atoms with Crippen molar-refractivity contribution in [1.29, 1.82) is 0 Å². The van der Waals surface area contributed by atoms with E-state index in [0.29, 0.717) is 18.0 Å². The number of aliphatic carboxylic acids is 1. The molecule has 0 spiro atoms. The predicted molar refractivity (Wildman–Crippen MR) is 92.6 cm³/mol. The highest BCUT2D eigenvalue weighted by Gasteiger charge is 2.43. The predicted octanol–water partition coefficient (Wildman–Crippen LogP) is 4.06. The second kappa shape index (κ2) is 7.13. The van der Waals surface area contributed by atoms with Gasteiger partial charge in [0.2, 0.25) is 5.88 Å². The van der Waals surface area contributed by atoms with Crippen LogP contribution in [0.3, 0.4) is 0 Å². The number of rotatable bonds is 7. The first-order valence-electron chi connectivity index (χ1n) is 9.00. The average molecular weight is 375 g/mol. The molecule has 2 saturated carbocycles. The molecule has 5 nitrogen and oxygen atoms in total. The smallest absolute Gasteiger partial charge is 0.306 e. The molecule has 2 fully saturated rings. The molecule has 1 aromatic carbocycles. The Morgan fingerprint density at radius 1 is 1.22 bits per heavy atom. The summed E-state index contributed by atoms with van der Waals surface area (Å²) in [6.45, 7) is -0.0207. The number of carboxylic acids is 1. The molecule has 0 saturated heterocycles. The summed E-state index contributed by atoms with van der Waals surface area (Å²) < 4.78 is 39.6. The van der Waals surface area contributed by atoms with Crippen molar-refractivity contribution in [3.8, 4) is 22.9 Å². The van der Waals surface area contributed by atoms with Gasteiger partial charge >= 0.3 is 5.97 Å². The SMILES string of the molecule is O=C(O)C1CC1COc1c(F)cc(-c2cccc(OC3CCC3)n2)cc1F. The summed E-state index contributed by atoms with van der Waals surface area (Å²) in [5.41, 5.74) is 0.690. The topological polar surface area (TPSA) is 68.7 Å². The number of pyridine rings is 1. The molecule has 27 heavy (non-hydrogen) atoms. The Bertz CT molecular complexity index is 846. The number of ether oxygens (including phenoxy) is 2. The summed E-state index contributed by atoms with van der Waals surface area (Å²) in [7, 11) is 0. The van der Waals surface area contributed by atoms with Gasteiger partial charge in [0.1, 0.15) is 6.10 Å². The Morgan fingerprint density at radius 3 is 2.56 bits per heavy atom. The third-order valence-electron chi connectivity index (χ3n) is 5.04. The molecule has 4 rings (SSSR count). The maximum absolute atomic E-state index is 14.4. The minimum Gasteiger partial charge on any atom is -0.487 e. The zero-order chi connectivity index (χ0) is 19.0. The molecule has 0 aliphatic heterocycles. The fraction of sp³-hybridized carbons (Fsp3) is 0.400. The minimum atomic E-state index is -0.907. The van der Waals surface area contributed by atoms with E-state index in [2.05, 4.69) is 4.98 Å². The van der Waals surface area contributed by atoms with Crippen LogP contribution in [0.5, 0.6) is 11.6 Å². The number of halogens is 2. The fourth-order valence-electron chi connectivity index (χ4n) is 3.07. The molecule has 2 aliphatic carbocycles. The molecular formula is C20H19F2NO4. The highest BCUT2D eigenvalue weighted by molar-refractivity contribution is 5.73. The van der Waals surface area contributed by atoms with E-state index in [1.807, 2.05) is 0 Å². The summed E-state index contributed by atoms with van der Waals surface area (Å²) in [5, 5.41) is 8.87. The second-order valence-electron chi connectivity index (χ2n) is 7.05. The van der Waals surface area contributed by atoms with E-state index in [-0.39, 0.29) is 24.2 Å². The first-order valence-corrected chi connectivity index (χ1v) is 9.00. The number of nitrogens with zero attached hydrogens (tertiary/aromatic N) is 1. The monoisotopic (exact) mass is 375 g/mol. The van der Waals surface area contributed by atoms with E-state index >= 15 is 0 Å². The summed E-state index contributed by atoms with van der Waals surface area (Å²) in [5.74, 6) is -3.34. The lowest BCUT2D eigenvalue weighted by molar-refractivity contribution is -0.138. The van der Waals surface area contributed by atoms with E-state index < -0.39 is 29.3 Å². The van der Waals surface area contributed by atoms with Crippen molar-refractivity contribution in [2.75, 3.05) is 6.61 Å². The Balaban J connectivity index is 1.48. The van der Waals surface area contributed by atoms with Gasteiger partial charge in [-0.05, 0) is 43.9 Å². The van der Waals surface area contributed by atoms with Crippen molar-refractivity contribution >= 4 is 5.97 Å². The number of hydrogen-bond acceptors (Lipinski definition) is 4. The van der Waals surface area contributed by atoms with Gasteiger partial charge in [-0.15, -0.1) is 0 Å². The van der Waals surface area contributed by atoms with Crippen LogP contribution in [0, 0.1) is 23.5 Å². The van der Waals surface area contributed by atoms with Crippen molar-refractivity contribution in [3.05, 3.63) is 42.0 Å². The van der Waals surface area contributed by atoms with E-state index in [1.165, 1.54) is 0 Å². The van der Waals surface area contributed by atoms with Gasteiger partial charge in [0, 0.05) is 17.5 Å². The number of aromatic nitrogens is 1. The van der Waals surface area contributed by atoms with Crippen molar-refractivity contribution in [3.63, 3.8) is 0 Å². The highest BCUT2D eigenvalue weighted by atomic mass is 19.1. The van der Waals surface area contributed by atoms with E-state index in [9.17, 15) is 13.6 Å². The molecule has 0 bridgehead atoms. The summed E-state index contributed by atoms with van der Waals surface area (Å²) in [4.78, 5) is 15.1. The maximum Gasteiger partial charge on any atom is 0.306 e. The second-order valence-corrected chi connectivity index (χ2v) is 7.05. The van der Waals surface area contributed by atoms with Crippen LogP contribution in [-0.2, 0) is 4.79 Å². The molecule has 0 amide bonds. The normalized spacial score (nSPS) is 21.4. The lowest BCUT2D eigenvalue weighted by atomic mass is 9.96. The Hall–Kier alpha value is -2.70. The van der Waals surface area contributed by atoms with Crippen LogP contribution >= 0.6 is 0 Å². The molecule has 142 valence electrons. The molecule has 7 heteroatoms. The number of carbonyl (C=O) groups is 1. The van der Waals surface area contributed by atoms with Crippen molar-refractivity contribution in [2.45, 2.75) is 31.8 Å². The van der Waals surface area contributed by atoms with Crippen LogP contribution < -0.4 is 9.47 Å². The average Bonchev–Trinajstić information content (AvgIpc) is 3.37. The first kappa shape index (κ1) is 17.7. The van der Waals surface area contributed by atoms with Gasteiger partial charge in [-0.1, -0.05) is 6.07 Å². The molecule has 2 aromatic rings. The van der Waals surface area contributed by atoms with Gasteiger partial charge in [0.25, 0.3) is 0 Å². The maximum atomic E-state index is 14.4. The molecule has 2 atom stereocenters. The Kier molecular flexibility index (Phi) is 4.68. The number of benzene rings is 1. The van der Waals surface area contributed by atoms with Crippen LogP contribution in [-0.4, -0.2) is 28.8 Å². The van der Waals surface area contributed by atoms with Gasteiger partial charge in [-0.2, -0.15) is 0 Å². The lowest BCUT2D eigenvalue weighted by Crippen LogP contribution is -2.24. The Labute approximate surface area is 154 Å². The Morgan fingerprint density at radius 2 is 1.96 bits per heavy atom. The first-order chi connectivity index (χ1) is 13.0. The molecule has 1 aromatic heterocycles. The molecule has 0 radical (unpaired) electrons.